The Kier molecular flexibility index (Phi) is 1.70. The number of allylic oxidation sites excluding steroid dienone is 1. The molecule has 1 aliphatic rings. The standard InChI is InChI=1S/C5H10N2O2/c1-3-2-4(8)7-5(9)6-3/h2,4-9H,1H3. The Bertz CT molecular complexity index is 135. The Hall–Kier alpha value is -0.580. The quantitative estimate of drug-likeness (QED) is 0.328. The summed E-state index contributed by atoms with van der Waals surface area (Å²) in [6, 6.07) is 0. The molecule has 4 heteroatoms. The fourth-order valence-electron chi connectivity index (χ4n) is 0.752. The van der Waals surface area contributed by atoms with E-state index in [1.165, 1.54) is 0 Å². The largest absolute Gasteiger partial charge is 0.375 e. The van der Waals surface area contributed by atoms with Gasteiger partial charge < -0.3 is 15.5 Å². The maximum atomic E-state index is 8.86. The Balaban J connectivity index is 2.56. The van der Waals surface area contributed by atoms with Crippen LogP contribution in [0.5, 0.6) is 0 Å². The van der Waals surface area contributed by atoms with Gasteiger partial charge in [-0.05, 0) is 13.0 Å². The van der Waals surface area contributed by atoms with Crippen LogP contribution in [0.4, 0.5) is 0 Å². The van der Waals surface area contributed by atoms with Gasteiger partial charge in [0.2, 0.25) is 0 Å². The number of aliphatic hydroxyl groups is 2. The zero-order valence-electron chi connectivity index (χ0n) is 5.13. The van der Waals surface area contributed by atoms with Crippen LogP contribution >= 0.6 is 0 Å². The van der Waals surface area contributed by atoms with Crippen molar-refractivity contribution in [3.05, 3.63) is 11.8 Å². The molecule has 0 spiro atoms. The van der Waals surface area contributed by atoms with Crippen LogP contribution in [0.15, 0.2) is 11.8 Å². The van der Waals surface area contributed by atoms with E-state index in [-0.39, 0.29) is 0 Å². The number of aliphatic hydroxyl groups excluding tert-OH is 2. The van der Waals surface area contributed by atoms with Gasteiger partial charge >= 0.3 is 0 Å². The van der Waals surface area contributed by atoms with E-state index in [1.807, 2.05) is 0 Å². The number of hydrogen-bond donors (Lipinski definition) is 4. The van der Waals surface area contributed by atoms with E-state index in [0.29, 0.717) is 0 Å². The zero-order valence-corrected chi connectivity index (χ0v) is 5.13. The molecule has 4 nitrogen and oxygen atoms in total. The van der Waals surface area contributed by atoms with Crippen molar-refractivity contribution in [2.75, 3.05) is 0 Å². The monoisotopic (exact) mass is 130 g/mol. The molecule has 2 atom stereocenters. The first-order valence-corrected chi connectivity index (χ1v) is 2.75. The molecule has 0 saturated heterocycles. The van der Waals surface area contributed by atoms with Gasteiger partial charge in [-0.25, -0.2) is 5.32 Å². The highest BCUT2D eigenvalue weighted by atomic mass is 16.3. The third-order valence-electron chi connectivity index (χ3n) is 1.10. The Morgan fingerprint density at radius 3 is 2.67 bits per heavy atom. The molecule has 1 heterocycles. The van der Waals surface area contributed by atoms with E-state index >= 15 is 0 Å². The first-order chi connectivity index (χ1) is 4.18. The fraction of sp³-hybridized carbons (Fsp3) is 0.600. The molecule has 9 heavy (non-hydrogen) atoms. The lowest BCUT2D eigenvalue weighted by molar-refractivity contribution is 0.0389. The molecule has 0 aromatic carbocycles. The van der Waals surface area contributed by atoms with Crippen LogP contribution in [-0.2, 0) is 0 Å². The Morgan fingerprint density at radius 1 is 1.56 bits per heavy atom. The molecule has 0 fully saturated rings. The highest BCUT2D eigenvalue weighted by Gasteiger charge is 2.12. The maximum Gasteiger partial charge on any atom is 0.183 e. The highest BCUT2D eigenvalue weighted by molar-refractivity contribution is 5.02. The van der Waals surface area contributed by atoms with Gasteiger partial charge in [0.25, 0.3) is 0 Å². The summed E-state index contributed by atoms with van der Waals surface area (Å²) < 4.78 is 0. The summed E-state index contributed by atoms with van der Waals surface area (Å²) in [5.74, 6) is 0. The van der Waals surface area contributed by atoms with E-state index in [1.54, 1.807) is 13.0 Å². The zero-order chi connectivity index (χ0) is 6.85. The average molecular weight is 130 g/mol. The van der Waals surface area contributed by atoms with Gasteiger partial charge in [-0.1, -0.05) is 0 Å². The van der Waals surface area contributed by atoms with Crippen molar-refractivity contribution < 1.29 is 10.2 Å². The smallest absolute Gasteiger partial charge is 0.183 e. The van der Waals surface area contributed by atoms with Crippen LogP contribution in [0.2, 0.25) is 0 Å². The molecule has 0 saturated carbocycles. The normalized spacial score (nSPS) is 35.2. The lowest BCUT2D eigenvalue weighted by Gasteiger charge is -2.23. The highest BCUT2D eigenvalue weighted by Crippen LogP contribution is 1.96. The van der Waals surface area contributed by atoms with E-state index in [2.05, 4.69) is 10.6 Å². The van der Waals surface area contributed by atoms with Gasteiger partial charge in [-0.2, -0.15) is 0 Å². The minimum atomic E-state index is -0.829. The molecule has 52 valence electrons. The Morgan fingerprint density at radius 2 is 2.22 bits per heavy atom. The van der Waals surface area contributed by atoms with E-state index in [9.17, 15) is 0 Å². The second kappa shape index (κ2) is 2.34. The van der Waals surface area contributed by atoms with Crippen molar-refractivity contribution in [2.24, 2.45) is 0 Å². The third-order valence-corrected chi connectivity index (χ3v) is 1.10. The van der Waals surface area contributed by atoms with Crippen molar-refractivity contribution in [1.29, 1.82) is 0 Å². The molecule has 0 amide bonds. The lowest BCUT2D eigenvalue weighted by atomic mass is 10.3. The van der Waals surface area contributed by atoms with Crippen molar-refractivity contribution >= 4 is 0 Å². The van der Waals surface area contributed by atoms with Crippen molar-refractivity contribution in [3.63, 3.8) is 0 Å². The van der Waals surface area contributed by atoms with Crippen LogP contribution in [0.1, 0.15) is 6.92 Å². The topological polar surface area (TPSA) is 64.5 Å². The summed E-state index contributed by atoms with van der Waals surface area (Å²) in [7, 11) is 0. The summed E-state index contributed by atoms with van der Waals surface area (Å²) in [6.07, 6.45) is 0.0125. The van der Waals surface area contributed by atoms with E-state index in [0.717, 1.165) is 5.70 Å². The van der Waals surface area contributed by atoms with Crippen LogP contribution in [-0.4, -0.2) is 22.8 Å². The van der Waals surface area contributed by atoms with Gasteiger partial charge in [0.1, 0.15) is 6.23 Å². The molecule has 2 unspecified atom stereocenters. The van der Waals surface area contributed by atoms with Gasteiger partial charge in [0.15, 0.2) is 6.35 Å². The van der Waals surface area contributed by atoms with Crippen LogP contribution in [0.3, 0.4) is 0 Å². The second-order valence-electron chi connectivity index (χ2n) is 2.01. The van der Waals surface area contributed by atoms with Gasteiger partial charge in [-0.15, -0.1) is 0 Å². The molecular weight excluding hydrogens is 120 g/mol. The van der Waals surface area contributed by atoms with Crippen LogP contribution in [0, 0.1) is 0 Å². The first-order valence-electron chi connectivity index (χ1n) is 2.75. The molecule has 1 rings (SSSR count). The summed E-state index contributed by atoms with van der Waals surface area (Å²) in [6.45, 7) is 1.77. The lowest BCUT2D eigenvalue weighted by Crippen LogP contribution is -2.49. The van der Waals surface area contributed by atoms with Crippen molar-refractivity contribution in [2.45, 2.75) is 19.5 Å². The molecule has 0 aromatic rings. The SMILES string of the molecule is CC1=CC(O)NC(O)N1. The Labute approximate surface area is 53.2 Å². The molecular formula is C5H10N2O2. The third kappa shape index (κ3) is 1.67. The van der Waals surface area contributed by atoms with E-state index < -0.39 is 12.6 Å². The number of hydrogen-bond acceptors (Lipinski definition) is 4. The minimum absolute atomic E-state index is 0.735. The number of rotatable bonds is 0. The molecule has 0 aromatic heterocycles. The average Bonchev–Trinajstić information content (AvgIpc) is 1.59. The molecule has 4 N–H and O–H groups in total. The summed E-state index contributed by atoms with van der Waals surface area (Å²) in [5, 5.41) is 22.8. The van der Waals surface area contributed by atoms with Crippen LogP contribution in [0.25, 0.3) is 0 Å². The molecule has 0 bridgehead atoms. The summed E-state index contributed by atoms with van der Waals surface area (Å²) >= 11 is 0. The van der Waals surface area contributed by atoms with Gasteiger partial charge in [0.05, 0.1) is 0 Å². The predicted octanol–water partition coefficient (Wildman–Crippen LogP) is -1.32. The number of nitrogens with one attached hydrogen (secondary N) is 2. The predicted molar refractivity (Wildman–Crippen MR) is 32.0 cm³/mol. The van der Waals surface area contributed by atoms with Crippen LogP contribution < -0.4 is 10.6 Å². The molecule has 1 aliphatic heterocycles. The van der Waals surface area contributed by atoms with Crippen molar-refractivity contribution in [3.8, 4) is 0 Å². The van der Waals surface area contributed by atoms with Crippen molar-refractivity contribution in [1.82, 2.24) is 10.6 Å². The van der Waals surface area contributed by atoms with E-state index in [4.69, 9.17) is 10.2 Å². The first kappa shape index (κ1) is 6.54. The summed E-state index contributed by atoms with van der Waals surface area (Å²) in [5.41, 5.74) is 0.772. The fourth-order valence-corrected chi connectivity index (χ4v) is 0.752. The van der Waals surface area contributed by atoms with Gasteiger partial charge in [0, 0.05) is 5.70 Å². The molecule has 0 aliphatic carbocycles. The summed E-state index contributed by atoms with van der Waals surface area (Å²) in [4.78, 5) is 0. The minimum Gasteiger partial charge on any atom is -0.375 e. The molecule has 0 radical (unpaired) electrons. The second-order valence-corrected chi connectivity index (χ2v) is 2.01. The maximum absolute atomic E-state index is 8.86. The van der Waals surface area contributed by atoms with Gasteiger partial charge in [-0.3, -0.25) is 0 Å².